The van der Waals surface area contributed by atoms with Crippen molar-refractivity contribution >= 4 is 0 Å². The number of rotatable bonds is 4. The predicted molar refractivity (Wildman–Crippen MR) is 93.9 cm³/mol. The first-order chi connectivity index (χ1) is 10.6. The van der Waals surface area contributed by atoms with E-state index < -0.39 is 12.2 Å². The number of allylic oxidation sites excluding steroid dienone is 3. The summed E-state index contributed by atoms with van der Waals surface area (Å²) in [6, 6.07) is 0. The number of aliphatic hydroxyl groups is 3. The van der Waals surface area contributed by atoms with E-state index in [4.69, 9.17) is 5.11 Å². The predicted octanol–water partition coefficient (Wildman–Crippen LogP) is 3.45. The Morgan fingerprint density at radius 2 is 1.96 bits per heavy atom. The van der Waals surface area contributed by atoms with Crippen LogP contribution in [0.5, 0.6) is 0 Å². The zero-order chi connectivity index (χ0) is 17.4. The molecule has 0 aromatic carbocycles. The van der Waals surface area contributed by atoms with Crippen LogP contribution in [-0.4, -0.2) is 34.1 Å². The van der Waals surface area contributed by atoms with Gasteiger partial charge in [0.1, 0.15) is 0 Å². The zero-order valence-corrected chi connectivity index (χ0v) is 15.3. The quantitative estimate of drug-likeness (QED) is 0.695. The summed E-state index contributed by atoms with van der Waals surface area (Å²) in [6.45, 7) is 10.9. The van der Waals surface area contributed by atoms with Crippen LogP contribution in [0, 0.1) is 22.7 Å². The molecule has 5 atom stereocenters. The van der Waals surface area contributed by atoms with Gasteiger partial charge in [-0.25, -0.2) is 0 Å². The minimum absolute atomic E-state index is 0.0144. The van der Waals surface area contributed by atoms with E-state index in [1.54, 1.807) is 0 Å². The molecule has 2 aliphatic rings. The fraction of sp³-hybridized carbons (Fsp3) is 0.800. The van der Waals surface area contributed by atoms with Gasteiger partial charge in [0.2, 0.25) is 0 Å². The Kier molecular flexibility index (Phi) is 5.44. The van der Waals surface area contributed by atoms with Gasteiger partial charge in [-0.1, -0.05) is 44.1 Å². The first-order valence-corrected chi connectivity index (χ1v) is 8.94. The molecular weight excluding hydrogens is 288 g/mol. The van der Waals surface area contributed by atoms with E-state index in [1.165, 1.54) is 11.1 Å². The summed E-state index contributed by atoms with van der Waals surface area (Å²) < 4.78 is 0. The van der Waals surface area contributed by atoms with Crippen LogP contribution in [0.3, 0.4) is 0 Å². The molecule has 0 aromatic heterocycles. The largest absolute Gasteiger partial charge is 0.392 e. The lowest BCUT2D eigenvalue weighted by Gasteiger charge is -2.59. The summed E-state index contributed by atoms with van der Waals surface area (Å²) in [5.74, 6) is 0.800. The van der Waals surface area contributed by atoms with E-state index in [9.17, 15) is 10.2 Å². The molecule has 0 aliphatic heterocycles. The Balaban J connectivity index is 2.30. The molecule has 0 spiro atoms. The Hall–Kier alpha value is -0.640. The zero-order valence-electron chi connectivity index (χ0n) is 15.3. The number of aliphatic hydroxyl groups excluding tert-OH is 3. The van der Waals surface area contributed by atoms with E-state index in [0.717, 1.165) is 19.3 Å². The molecule has 3 heteroatoms. The Morgan fingerprint density at radius 1 is 1.30 bits per heavy atom. The Bertz CT molecular complexity index is 491. The second-order valence-corrected chi connectivity index (χ2v) is 8.60. The third-order valence-corrected chi connectivity index (χ3v) is 6.76. The summed E-state index contributed by atoms with van der Waals surface area (Å²) in [4.78, 5) is 0. The molecule has 0 saturated heterocycles. The van der Waals surface area contributed by atoms with Crippen LogP contribution in [0.2, 0.25) is 0 Å². The molecule has 0 heterocycles. The van der Waals surface area contributed by atoms with Crippen LogP contribution in [-0.2, 0) is 0 Å². The second-order valence-electron chi connectivity index (χ2n) is 8.60. The van der Waals surface area contributed by atoms with Gasteiger partial charge < -0.3 is 15.3 Å². The average molecular weight is 322 g/mol. The van der Waals surface area contributed by atoms with Crippen molar-refractivity contribution in [2.45, 2.75) is 72.5 Å². The van der Waals surface area contributed by atoms with Crippen LogP contribution in [0.4, 0.5) is 0 Å². The maximum atomic E-state index is 10.5. The monoisotopic (exact) mass is 322 g/mol. The van der Waals surface area contributed by atoms with Crippen molar-refractivity contribution in [3.63, 3.8) is 0 Å². The van der Waals surface area contributed by atoms with Gasteiger partial charge in [-0.05, 0) is 62.2 Å². The number of fused-ring (bicyclic) bond motifs is 1. The second kappa shape index (κ2) is 6.70. The molecule has 0 radical (unpaired) electrons. The molecule has 3 N–H and O–H groups in total. The van der Waals surface area contributed by atoms with E-state index in [1.807, 2.05) is 6.08 Å². The summed E-state index contributed by atoms with van der Waals surface area (Å²) in [5.41, 5.74) is 2.37. The highest BCUT2D eigenvalue weighted by atomic mass is 16.3. The fourth-order valence-corrected chi connectivity index (χ4v) is 5.37. The van der Waals surface area contributed by atoms with Crippen molar-refractivity contribution in [1.29, 1.82) is 0 Å². The van der Waals surface area contributed by atoms with Crippen LogP contribution >= 0.6 is 0 Å². The molecule has 1 saturated carbocycles. The maximum absolute atomic E-state index is 10.5. The minimum atomic E-state index is -0.649. The molecule has 1 fully saturated rings. The van der Waals surface area contributed by atoms with Gasteiger partial charge in [-0.15, -0.1) is 0 Å². The van der Waals surface area contributed by atoms with E-state index in [-0.39, 0.29) is 17.4 Å². The van der Waals surface area contributed by atoms with Gasteiger partial charge in [0, 0.05) is 0 Å². The molecule has 0 amide bonds. The van der Waals surface area contributed by atoms with Crippen molar-refractivity contribution in [3.8, 4) is 0 Å². The van der Waals surface area contributed by atoms with E-state index in [2.05, 4.69) is 40.7 Å². The number of hydrogen-bond donors (Lipinski definition) is 3. The Morgan fingerprint density at radius 3 is 2.57 bits per heavy atom. The van der Waals surface area contributed by atoms with Gasteiger partial charge in [-0.3, -0.25) is 0 Å². The van der Waals surface area contributed by atoms with Crippen LogP contribution in [0.15, 0.2) is 23.3 Å². The standard InChI is InChI=1S/C20H34O3/c1-13(10-11-21)6-8-15-14(2)7-9-17-19(3,4)18(23)16(22)12-20(15,17)5/h7,10,15-18,21-23H,6,8-9,11-12H2,1-5H3. The lowest BCUT2D eigenvalue weighted by molar-refractivity contribution is -0.174. The summed E-state index contributed by atoms with van der Waals surface area (Å²) in [7, 11) is 0. The lowest BCUT2D eigenvalue weighted by atomic mass is 9.47. The normalized spacial score (nSPS) is 40.5. The fourth-order valence-electron chi connectivity index (χ4n) is 5.37. The molecule has 2 rings (SSSR count). The smallest absolute Gasteiger partial charge is 0.0853 e. The van der Waals surface area contributed by atoms with Crippen LogP contribution in [0.25, 0.3) is 0 Å². The number of hydrogen-bond acceptors (Lipinski definition) is 3. The SMILES string of the molecule is CC(=CCO)CCC1C(C)=CCC2C(C)(C)C(O)C(O)CC12C. The highest BCUT2D eigenvalue weighted by molar-refractivity contribution is 5.20. The molecule has 3 nitrogen and oxygen atoms in total. The van der Waals surface area contributed by atoms with Gasteiger partial charge in [0.25, 0.3) is 0 Å². The van der Waals surface area contributed by atoms with Crippen molar-refractivity contribution in [1.82, 2.24) is 0 Å². The first kappa shape index (κ1) is 18.7. The van der Waals surface area contributed by atoms with Crippen molar-refractivity contribution < 1.29 is 15.3 Å². The maximum Gasteiger partial charge on any atom is 0.0853 e. The van der Waals surface area contributed by atoms with E-state index >= 15 is 0 Å². The molecule has 132 valence electrons. The summed E-state index contributed by atoms with van der Waals surface area (Å²) >= 11 is 0. The molecule has 0 aromatic rings. The minimum Gasteiger partial charge on any atom is -0.392 e. The molecule has 23 heavy (non-hydrogen) atoms. The third-order valence-electron chi connectivity index (χ3n) is 6.76. The van der Waals surface area contributed by atoms with Gasteiger partial charge in [0.05, 0.1) is 18.8 Å². The summed E-state index contributed by atoms with van der Waals surface area (Å²) in [6.07, 6.45) is 6.59. The van der Waals surface area contributed by atoms with Gasteiger partial charge >= 0.3 is 0 Å². The Labute approximate surface area is 141 Å². The van der Waals surface area contributed by atoms with Crippen LogP contribution in [0.1, 0.15) is 60.3 Å². The van der Waals surface area contributed by atoms with Gasteiger partial charge in [0.15, 0.2) is 0 Å². The molecule has 5 unspecified atom stereocenters. The third kappa shape index (κ3) is 3.29. The van der Waals surface area contributed by atoms with Crippen molar-refractivity contribution in [2.75, 3.05) is 6.61 Å². The van der Waals surface area contributed by atoms with Crippen molar-refractivity contribution in [2.24, 2.45) is 22.7 Å². The highest BCUT2D eigenvalue weighted by Gasteiger charge is 2.57. The highest BCUT2D eigenvalue weighted by Crippen LogP contribution is 2.60. The average Bonchev–Trinajstić information content (AvgIpc) is 2.44. The lowest BCUT2D eigenvalue weighted by Crippen LogP contribution is -2.59. The van der Waals surface area contributed by atoms with Crippen molar-refractivity contribution in [3.05, 3.63) is 23.3 Å². The molecule has 2 aliphatic carbocycles. The molecule has 0 bridgehead atoms. The topological polar surface area (TPSA) is 60.7 Å². The first-order valence-electron chi connectivity index (χ1n) is 8.94. The van der Waals surface area contributed by atoms with Crippen LogP contribution < -0.4 is 0 Å². The van der Waals surface area contributed by atoms with E-state index in [0.29, 0.717) is 18.3 Å². The van der Waals surface area contributed by atoms with Gasteiger partial charge in [-0.2, -0.15) is 0 Å². The molecular formula is C20H34O3. The summed E-state index contributed by atoms with van der Waals surface area (Å²) in [5, 5.41) is 30.0.